The predicted octanol–water partition coefficient (Wildman–Crippen LogP) is 2.73. The molecule has 4 heteroatoms. The van der Waals surface area contributed by atoms with Gasteiger partial charge in [-0.2, -0.15) is 0 Å². The maximum atomic E-state index is 11.5. The van der Waals surface area contributed by atoms with E-state index in [2.05, 4.69) is 43.4 Å². The molecule has 20 heavy (non-hydrogen) atoms. The smallest absolute Gasteiger partial charge is 0.150 e. The second kappa shape index (κ2) is 8.42. The van der Waals surface area contributed by atoms with Crippen molar-refractivity contribution in [1.29, 1.82) is 0 Å². The molecule has 1 atom stereocenters. The number of hydrogen-bond acceptors (Lipinski definition) is 3. The van der Waals surface area contributed by atoms with E-state index in [1.807, 2.05) is 0 Å². The Hall–Kier alpha value is -0.870. The molecule has 0 saturated heterocycles. The lowest BCUT2D eigenvalue weighted by Crippen LogP contribution is -2.31. The highest BCUT2D eigenvalue weighted by molar-refractivity contribution is 7.91. The summed E-state index contributed by atoms with van der Waals surface area (Å²) in [6.45, 7) is 6.84. The highest BCUT2D eigenvalue weighted by Crippen LogP contribution is 2.13. The lowest BCUT2D eigenvalue weighted by atomic mass is 9.98. The second-order valence-corrected chi connectivity index (χ2v) is 7.74. The zero-order valence-corrected chi connectivity index (χ0v) is 13.7. The van der Waals surface area contributed by atoms with E-state index < -0.39 is 9.84 Å². The first-order valence-electron chi connectivity index (χ1n) is 7.46. The van der Waals surface area contributed by atoms with Crippen molar-refractivity contribution < 1.29 is 8.42 Å². The van der Waals surface area contributed by atoms with E-state index in [-0.39, 0.29) is 5.75 Å². The van der Waals surface area contributed by atoms with Crippen LogP contribution in [0.25, 0.3) is 0 Å². The molecule has 0 fully saturated rings. The zero-order valence-electron chi connectivity index (χ0n) is 12.9. The van der Waals surface area contributed by atoms with Gasteiger partial charge in [0.25, 0.3) is 0 Å². The number of nitrogens with one attached hydrogen (secondary N) is 1. The Morgan fingerprint density at radius 2 is 1.90 bits per heavy atom. The van der Waals surface area contributed by atoms with E-state index >= 15 is 0 Å². The van der Waals surface area contributed by atoms with E-state index in [4.69, 9.17) is 0 Å². The SMILES string of the molecule is CCNC(CCCS(=O)(=O)CC)Cc1ccccc1C. The molecular weight excluding hydrogens is 270 g/mol. The first kappa shape index (κ1) is 17.2. The fourth-order valence-corrected chi connectivity index (χ4v) is 3.26. The number of rotatable bonds is 9. The van der Waals surface area contributed by atoms with Crippen LogP contribution in [0.1, 0.15) is 37.8 Å². The van der Waals surface area contributed by atoms with E-state index in [9.17, 15) is 8.42 Å². The van der Waals surface area contributed by atoms with Crippen molar-refractivity contribution in [2.24, 2.45) is 0 Å². The fraction of sp³-hybridized carbons (Fsp3) is 0.625. The number of hydrogen-bond donors (Lipinski definition) is 1. The topological polar surface area (TPSA) is 46.2 Å². The van der Waals surface area contributed by atoms with Gasteiger partial charge in [0.05, 0.1) is 5.75 Å². The summed E-state index contributed by atoms with van der Waals surface area (Å²) < 4.78 is 23.1. The minimum atomic E-state index is -2.84. The lowest BCUT2D eigenvalue weighted by molar-refractivity contribution is 0.483. The van der Waals surface area contributed by atoms with Crippen LogP contribution < -0.4 is 5.32 Å². The number of benzene rings is 1. The summed E-state index contributed by atoms with van der Waals surface area (Å²) in [5.41, 5.74) is 2.65. The highest BCUT2D eigenvalue weighted by atomic mass is 32.2. The summed E-state index contributed by atoms with van der Waals surface area (Å²) in [7, 11) is -2.84. The molecule has 0 aliphatic carbocycles. The quantitative estimate of drug-likeness (QED) is 0.762. The molecular formula is C16H27NO2S. The maximum absolute atomic E-state index is 11.5. The van der Waals surface area contributed by atoms with Crippen molar-refractivity contribution in [3.05, 3.63) is 35.4 Å². The van der Waals surface area contributed by atoms with Gasteiger partial charge in [-0.1, -0.05) is 38.1 Å². The molecule has 0 bridgehead atoms. The average Bonchev–Trinajstić information content (AvgIpc) is 2.41. The number of sulfone groups is 1. The average molecular weight is 297 g/mol. The molecule has 1 N–H and O–H groups in total. The number of likely N-dealkylation sites (N-methyl/N-ethyl adjacent to an activating group) is 1. The highest BCUT2D eigenvalue weighted by Gasteiger charge is 2.12. The molecule has 1 aromatic carbocycles. The Labute approximate surface area is 123 Å². The van der Waals surface area contributed by atoms with Crippen LogP contribution in [-0.4, -0.2) is 32.5 Å². The largest absolute Gasteiger partial charge is 0.314 e. The van der Waals surface area contributed by atoms with E-state index in [0.29, 0.717) is 11.8 Å². The van der Waals surface area contributed by atoms with Crippen LogP contribution in [-0.2, 0) is 16.3 Å². The summed E-state index contributed by atoms with van der Waals surface area (Å²) >= 11 is 0. The van der Waals surface area contributed by atoms with Crippen molar-refractivity contribution in [3.8, 4) is 0 Å². The van der Waals surface area contributed by atoms with Crippen LogP contribution >= 0.6 is 0 Å². The first-order valence-corrected chi connectivity index (χ1v) is 9.29. The van der Waals surface area contributed by atoms with Gasteiger partial charge in [0.2, 0.25) is 0 Å². The third kappa shape index (κ3) is 6.06. The summed E-state index contributed by atoms with van der Waals surface area (Å²) in [6.07, 6.45) is 2.60. The van der Waals surface area contributed by atoms with Crippen LogP contribution in [0.3, 0.4) is 0 Å². The van der Waals surface area contributed by atoms with Crippen LogP contribution in [0.2, 0.25) is 0 Å². The van der Waals surface area contributed by atoms with Crippen molar-refractivity contribution in [2.45, 2.75) is 46.1 Å². The zero-order chi connectivity index (χ0) is 15.0. The van der Waals surface area contributed by atoms with Crippen LogP contribution in [0.5, 0.6) is 0 Å². The molecule has 1 unspecified atom stereocenters. The third-order valence-corrected chi connectivity index (χ3v) is 5.46. The standard InChI is InChI=1S/C16H27NO2S/c1-4-17-16(11-8-12-20(18,19)5-2)13-15-10-7-6-9-14(15)3/h6-7,9-10,16-17H,4-5,8,11-13H2,1-3H3. The third-order valence-electron chi connectivity index (χ3n) is 3.67. The van der Waals surface area contributed by atoms with Gasteiger partial charge in [0, 0.05) is 11.8 Å². The molecule has 114 valence electrons. The van der Waals surface area contributed by atoms with Crippen molar-refractivity contribution in [3.63, 3.8) is 0 Å². The molecule has 0 aliphatic rings. The Balaban J connectivity index is 2.55. The Morgan fingerprint density at radius 3 is 2.50 bits per heavy atom. The lowest BCUT2D eigenvalue weighted by Gasteiger charge is -2.19. The minimum absolute atomic E-state index is 0.247. The molecule has 0 amide bonds. The molecule has 0 radical (unpaired) electrons. The van der Waals surface area contributed by atoms with E-state index in [0.717, 1.165) is 25.8 Å². The summed E-state index contributed by atoms with van der Waals surface area (Å²) in [5.74, 6) is 0.551. The molecule has 1 aromatic rings. The van der Waals surface area contributed by atoms with Gasteiger partial charge in [-0.25, -0.2) is 8.42 Å². The van der Waals surface area contributed by atoms with Crippen molar-refractivity contribution in [1.82, 2.24) is 5.32 Å². The van der Waals surface area contributed by atoms with Gasteiger partial charge in [-0.3, -0.25) is 0 Å². The van der Waals surface area contributed by atoms with Crippen molar-refractivity contribution >= 4 is 9.84 Å². The van der Waals surface area contributed by atoms with Gasteiger partial charge in [0.1, 0.15) is 9.84 Å². The molecule has 0 saturated carbocycles. The molecule has 0 heterocycles. The Bertz CT molecular complexity index is 497. The first-order chi connectivity index (χ1) is 9.48. The fourth-order valence-electron chi connectivity index (χ4n) is 2.36. The van der Waals surface area contributed by atoms with Gasteiger partial charge >= 0.3 is 0 Å². The Kier molecular flexibility index (Phi) is 7.24. The van der Waals surface area contributed by atoms with Crippen LogP contribution in [0.4, 0.5) is 0 Å². The summed E-state index contributed by atoms with van der Waals surface area (Å²) in [5, 5.41) is 3.47. The van der Waals surface area contributed by atoms with Crippen molar-refractivity contribution in [2.75, 3.05) is 18.1 Å². The van der Waals surface area contributed by atoms with Gasteiger partial charge < -0.3 is 5.32 Å². The molecule has 3 nitrogen and oxygen atoms in total. The molecule has 1 rings (SSSR count). The monoisotopic (exact) mass is 297 g/mol. The summed E-state index contributed by atoms with van der Waals surface area (Å²) in [6, 6.07) is 8.75. The summed E-state index contributed by atoms with van der Waals surface area (Å²) in [4.78, 5) is 0. The molecule has 0 aromatic heterocycles. The van der Waals surface area contributed by atoms with E-state index in [1.165, 1.54) is 11.1 Å². The molecule has 0 aliphatic heterocycles. The Morgan fingerprint density at radius 1 is 1.20 bits per heavy atom. The van der Waals surface area contributed by atoms with Crippen LogP contribution in [0, 0.1) is 6.92 Å². The minimum Gasteiger partial charge on any atom is -0.314 e. The maximum Gasteiger partial charge on any atom is 0.150 e. The van der Waals surface area contributed by atoms with Gasteiger partial charge in [-0.05, 0) is 43.9 Å². The normalized spacial score (nSPS) is 13.3. The predicted molar refractivity (Wildman–Crippen MR) is 85.9 cm³/mol. The van der Waals surface area contributed by atoms with Crippen LogP contribution in [0.15, 0.2) is 24.3 Å². The number of aryl methyl sites for hydroxylation is 1. The van der Waals surface area contributed by atoms with E-state index in [1.54, 1.807) is 6.92 Å². The second-order valence-electron chi connectivity index (χ2n) is 5.26. The van der Waals surface area contributed by atoms with Gasteiger partial charge in [0.15, 0.2) is 0 Å². The van der Waals surface area contributed by atoms with Gasteiger partial charge in [-0.15, -0.1) is 0 Å². The molecule has 0 spiro atoms.